The van der Waals surface area contributed by atoms with Crippen molar-refractivity contribution in [3.05, 3.63) is 28.8 Å². The van der Waals surface area contributed by atoms with Gasteiger partial charge in [0.05, 0.1) is 0 Å². The van der Waals surface area contributed by atoms with Crippen LogP contribution in [0.15, 0.2) is 18.2 Å². The molecular formula is C7H4ClIO3. The maximum absolute atomic E-state index is 10.6. The fraction of sp³-hybridized carbons (Fsp3) is 0. The van der Waals surface area contributed by atoms with E-state index < -0.39 is 5.97 Å². The second-order valence-electron chi connectivity index (χ2n) is 2.02. The Morgan fingerprint density at radius 1 is 1.58 bits per heavy atom. The Labute approximate surface area is 88.0 Å². The van der Waals surface area contributed by atoms with Gasteiger partial charge in [-0.2, -0.15) is 0 Å². The molecule has 0 amide bonds. The molecule has 64 valence electrons. The highest BCUT2D eigenvalue weighted by atomic mass is 127. The minimum Gasteiger partial charge on any atom is -0.478 e. The Kier molecular flexibility index (Phi) is 3.16. The lowest BCUT2D eigenvalue weighted by Crippen LogP contribution is -1.97. The SMILES string of the molecule is O=C(O)c1cc(Cl)ccc1OI. The third-order valence-corrected chi connectivity index (χ3v) is 1.96. The van der Waals surface area contributed by atoms with Gasteiger partial charge in [-0.15, -0.1) is 0 Å². The fourth-order valence-corrected chi connectivity index (χ4v) is 1.29. The van der Waals surface area contributed by atoms with Crippen LogP contribution in [0.2, 0.25) is 5.02 Å². The fourth-order valence-electron chi connectivity index (χ4n) is 0.737. The Balaban J connectivity index is 3.21. The average Bonchev–Trinajstić information content (AvgIpc) is 2.04. The molecule has 0 aromatic heterocycles. The molecule has 0 radical (unpaired) electrons. The molecule has 0 atom stereocenters. The molecule has 3 nitrogen and oxygen atoms in total. The highest BCUT2D eigenvalue weighted by molar-refractivity contribution is 14.1. The van der Waals surface area contributed by atoms with Crippen LogP contribution >= 0.6 is 34.6 Å². The summed E-state index contributed by atoms with van der Waals surface area (Å²) >= 11 is 7.21. The molecule has 0 saturated carbocycles. The Morgan fingerprint density at radius 3 is 2.75 bits per heavy atom. The van der Waals surface area contributed by atoms with E-state index in [0.717, 1.165) is 0 Å². The normalized spacial score (nSPS) is 9.50. The molecule has 12 heavy (non-hydrogen) atoms. The van der Waals surface area contributed by atoms with E-state index in [2.05, 4.69) is 0 Å². The van der Waals surface area contributed by atoms with Gasteiger partial charge in [0.1, 0.15) is 11.3 Å². The zero-order chi connectivity index (χ0) is 9.14. The lowest BCUT2D eigenvalue weighted by molar-refractivity contribution is 0.0695. The molecule has 5 heteroatoms. The third-order valence-electron chi connectivity index (χ3n) is 1.26. The van der Waals surface area contributed by atoms with Crippen molar-refractivity contribution in [2.75, 3.05) is 0 Å². The van der Waals surface area contributed by atoms with Crippen molar-refractivity contribution >= 4 is 40.6 Å². The number of hydrogen-bond acceptors (Lipinski definition) is 2. The molecule has 0 saturated heterocycles. The van der Waals surface area contributed by atoms with E-state index >= 15 is 0 Å². The van der Waals surface area contributed by atoms with Crippen LogP contribution in [0.3, 0.4) is 0 Å². The van der Waals surface area contributed by atoms with E-state index in [-0.39, 0.29) is 5.56 Å². The first-order valence-electron chi connectivity index (χ1n) is 2.96. The highest BCUT2D eigenvalue weighted by Gasteiger charge is 2.10. The van der Waals surface area contributed by atoms with Gasteiger partial charge >= 0.3 is 5.97 Å². The van der Waals surface area contributed by atoms with Crippen molar-refractivity contribution in [2.45, 2.75) is 0 Å². The van der Waals surface area contributed by atoms with Crippen molar-refractivity contribution in [3.8, 4) is 5.75 Å². The molecule has 1 aromatic rings. The average molecular weight is 298 g/mol. The number of benzene rings is 1. The minimum absolute atomic E-state index is 0.0666. The molecule has 0 fully saturated rings. The smallest absolute Gasteiger partial charge is 0.339 e. The molecule has 0 unspecified atom stereocenters. The van der Waals surface area contributed by atoms with Crippen LogP contribution < -0.4 is 3.07 Å². The Bertz CT molecular complexity index is 314. The predicted molar refractivity (Wildman–Crippen MR) is 53.1 cm³/mol. The summed E-state index contributed by atoms with van der Waals surface area (Å²) in [6, 6.07) is 4.43. The highest BCUT2D eigenvalue weighted by Crippen LogP contribution is 2.24. The van der Waals surface area contributed by atoms with Gasteiger partial charge in [0.25, 0.3) is 0 Å². The number of carboxylic acids is 1. The topological polar surface area (TPSA) is 46.5 Å². The number of rotatable bonds is 2. The van der Waals surface area contributed by atoms with Crippen LogP contribution in [0, 0.1) is 0 Å². The van der Waals surface area contributed by atoms with Crippen LogP contribution in [-0.2, 0) is 0 Å². The standard InChI is InChI=1S/C7H4ClIO3/c8-4-1-2-6(12-9)5(3-4)7(10)11/h1-3H,(H,10,11). The Hall–Kier alpha value is -0.490. The predicted octanol–water partition coefficient (Wildman–Crippen LogP) is 2.77. The number of carboxylic acid groups (broad SMARTS) is 1. The third kappa shape index (κ3) is 2.01. The zero-order valence-electron chi connectivity index (χ0n) is 5.75. The molecule has 0 bridgehead atoms. The van der Waals surface area contributed by atoms with Crippen molar-refractivity contribution in [2.24, 2.45) is 0 Å². The van der Waals surface area contributed by atoms with E-state index in [0.29, 0.717) is 10.8 Å². The van der Waals surface area contributed by atoms with Crippen LogP contribution in [-0.4, -0.2) is 11.1 Å². The molecular weight excluding hydrogens is 294 g/mol. The summed E-state index contributed by atoms with van der Waals surface area (Å²) in [5.41, 5.74) is 0.0666. The van der Waals surface area contributed by atoms with E-state index in [1.807, 2.05) is 0 Å². The van der Waals surface area contributed by atoms with E-state index in [1.165, 1.54) is 12.1 Å². The molecule has 0 aliphatic rings. The number of halogens is 2. The van der Waals surface area contributed by atoms with Crippen molar-refractivity contribution in [1.29, 1.82) is 0 Å². The van der Waals surface area contributed by atoms with Gasteiger partial charge in [-0.3, -0.25) is 0 Å². The summed E-state index contributed by atoms with van der Waals surface area (Å²) in [6.07, 6.45) is 0. The maximum Gasteiger partial charge on any atom is 0.339 e. The first-order valence-corrected chi connectivity index (χ1v) is 4.22. The van der Waals surface area contributed by atoms with Gasteiger partial charge in [0.2, 0.25) is 0 Å². The lowest BCUT2D eigenvalue weighted by atomic mass is 10.2. The summed E-state index contributed by atoms with van der Waals surface area (Å²) in [5.74, 6) is -0.753. The summed E-state index contributed by atoms with van der Waals surface area (Å²) in [5, 5.41) is 9.06. The Morgan fingerprint density at radius 2 is 2.25 bits per heavy atom. The second-order valence-corrected chi connectivity index (χ2v) is 2.90. The summed E-state index contributed by atoms with van der Waals surface area (Å²) in [4.78, 5) is 10.6. The van der Waals surface area contributed by atoms with Gasteiger partial charge in [-0.25, -0.2) is 4.79 Å². The maximum atomic E-state index is 10.6. The van der Waals surface area contributed by atoms with Crippen LogP contribution in [0.25, 0.3) is 0 Å². The van der Waals surface area contributed by atoms with Crippen molar-refractivity contribution in [1.82, 2.24) is 0 Å². The monoisotopic (exact) mass is 298 g/mol. The lowest BCUT2D eigenvalue weighted by Gasteiger charge is -2.01. The van der Waals surface area contributed by atoms with E-state index in [9.17, 15) is 4.79 Å². The molecule has 0 aliphatic heterocycles. The van der Waals surface area contributed by atoms with Gasteiger partial charge in [0, 0.05) is 5.02 Å². The molecule has 0 spiro atoms. The molecule has 1 N–H and O–H groups in total. The minimum atomic E-state index is -1.05. The van der Waals surface area contributed by atoms with Gasteiger partial charge in [-0.1, -0.05) is 11.6 Å². The van der Waals surface area contributed by atoms with E-state index in [4.69, 9.17) is 19.8 Å². The van der Waals surface area contributed by atoms with E-state index in [1.54, 1.807) is 29.1 Å². The molecule has 1 aromatic carbocycles. The number of hydrogen-bond donors (Lipinski definition) is 1. The van der Waals surface area contributed by atoms with Crippen molar-refractivity contribution < 1.29 is 13.0 Å². The molecule has 1 rings (SSSR count). The van der Waals surface area contributed by atoms with Crippen LogP contribution in [0.5, 0.6) is 5.75 Å². The summed E-state index contributed by atoms with van der Waals surface area (Å²) < 4.78 is 4.79. The summed E-state index contributed by atoms with van der Waals surface area (Å²) in [6.45, 7) is 0. The molecule has 0 heterocycles. The van der Waals surface area contributed by atoms with Crippen molar-refractivity contribution in [3.63, 3.8) is 0 Å². The first kappa shape index (κ1) is 9.60. The zero-order valence-corrected chi connectivity index (χ0v) is 8.67. The first-order chi connectivity index (χ1) is 5.65. The largest absolute Gasteiger partial charge is 0.478 e. The van der Waals surface area contributed by atoms with Crippen LogP contribution in [0.1, 0.15) is 10.4 Å². The molecule has 0 aliphatic carbocycles. The van der Waals surface area contributed by atoms with Gasteiger partial charge < -0.3 is 8.17 Å². The van der Waals surface area contributed by atoms with Crippen LogP contribution in [0.4, 0.5) is 0 Å². The second kappa shape index (κ2) is 3.95. The summed E-state index contributed by atoms with van der Waals surface area (Å²) in [7, 11) is 0. The van der Waals surface area contributed by atoms with Gasteiger partial charge in [0.15, 0.2) is 23.0 Å². The number of carbonyl (C=O) groups is 1. The number of aromatic carboxylic acids is 1. The quantitative estimate of drug-likeness (QED) is 0.854. The van der Waals surface area contributed by atoms with Gasteiger partial charge in [-0.05, 0) is 18.2 Å².